The minimum absolute atomic E-state index is 0.0772. The number of anilines is 1. The van der Waals surface area contributed by atoms with Gasteiger partial charge in [-0.1, -0.05) is 41.2 Å². The summed E-state index contributed by atoms with van der Waals surface area (Å²) in [5.74, 6) is -0.385. The van der Waals surface area contributed by atoms with Crippen LogP contribution in [0.3, 0.4) is 0 Å². The topological polar surface area (TPSA) is 119 Å². The third-order valence-corrected chi connectivity index (χ3v) is 8.62. The first-order valence-electron chi connectivity index (χ1n) is 9.17. The van der Waals surface area contributed by atoms with Gasteiger partial charge in [0.15, 0.2) is 5.13 Å². The molecule has 0 saturated carbocycles. The number of nitrogens with one attached hydrogen (secondary N) is 1. The van der Waals surface area contributed by atoms with Crippen molar-refractivity contribution in [1.82, 2.24) is 4.98 Å². The number of hydrogen-bond acceptors (Lipinski definition) is 8. The maximum atomic E-state index is 12.8. The molecule has 0 unspecified atom stereocenters. The number of amides is 1. The van der Waals surface area contributed by atoms with Crippen molar-refractivity contribution in [3.63, 3.8) is 0 Å². The van der Waals surface area contributed by atoms with Crippen molar-refractivity contribution in [1.29, 1.82) is 0 Å². The number of nitro benzene ring substituents is 1. The normalized spacial score (nSPS) is 11.3. The summed E-state index contributed by atoms with van der Waals surface area (Å²) in [4.78, 5) is 27.4. The van der Waals surface area contributed by atoms with E-state index in [0.717, 1.165) is 46.4 Å². The highest BCUT2D eigenvalue weighted by molar-refractivity contribution is 7.93. The molecule has 4 rings (SSSR count). The molecule has 162 valence electrons. The van der Waals surface area contributed by atoms with E-state index in [4.69, 9.17) is 0 Å². The van der Waals surface area contributed by atoms with Gasteiger partial charge in [0.2, 0.25) is 9.84 Å². The smallest absolute Gasteiger partial charge is 0.269 e. The fraction of sp³-hybridized carbons (Fsp3) is 0.0476. The molecule has 2 aromatic heterocycles. The Balaban J connectivity index is 1.55. The first kappa shape index (κ1) is 21.8. The standard InChI is InChI=1S/C21H15N3O5S3/c1-13-2-4-14(5-3-13)17-10-11-30-19(17)20(25)23-21-22-12-18(31-21)32(28,29)16-8-6-15(7-9-16)24(26)27/h2-12H,1H3,(H,22,23,25). The van der Waals surface area contributed by atoms with Crippen molar-refractivity contribution in [2.45, 2.75) is 16.0 Å². The number of thiophene rings is 1. The van der Waals surface area contributed by atoms with E-state index >= 15 is 0 Å². The molecule has 0 aliphatic carbocycles. The SMILES string of the molecule is Cc1ccc(-c2ccsc2C(=O)Nc2ncc(S(=O)(=O)c3ccc([N+](=O)[O-])cc3)s2)cc1. The zero-order valence-electron chi connectivity index (χ0n) is 16.5. The van der Waals surface area contributed by atoms with Crippen molar-refractivity contribution in [2.24, 2.45) is 0 Å². The Morgan fingerprint density at radius 3 is 2.41 bits per heavy atom. The summed E-state index contributed by atoms with van der Waals surface area (Å²) < 4.78 is 25.5. The number of nitro groups is 1. The van der Waals surface area contributed by atoms with Gasteiger partial charge in [-0.25, -0.2) is 13.4 Å². The molecule has 4 aromatic rings. The van der Waals surface area contributed by atoms with Gasteiger partial charge < -0.3 is 0 Å². The number of aromatic nitrogens is 1. The Bertz CT molecular complexity index is 1410. The number of non-ortho nitro benzene ring substituents is 1. The quantitative estimate of drug-likeness (QED) is 0.297. The van der Waals surface area contributed by atoms with Gasteiger partial charge in [0, 0.05) is 17.7 Å². The van der Waals surface area contributed by atoms with Crippen LogP contribution in [-0.4, -0.2) is 24.2 Å². The molecule has 0 radical (unpaired) electrons. The van der Waals surface area contributed by atoms with Gasteiger partial charge in [0.05, 0.1) is 16.0 Å². The lowest BCUT2D eigenvalue weighted by Crippen LogP contribution is -2.10. The Hall–Kier alpha value is -3.41. The van der Waals surface area contributed by atoms with Gasteiger partial charge in [-0.3, -0.25) is 20.2 Å². The molecule has 8 nitrogen and oxygen atoms in total. The third-order valence-electron chi connectivity index (χ3n) is 4.56. The van der Waals surface area contributed by atoms with Crippen LogP contribution in [0.1, 0.15) is 15.2 Å². The Labute approximate surface area is 191 Å². The molecule has 0 atom stereocenters. The second-order valence-corrected chi connectivity index (χ2v) is 10.8. The second kappa shape index (κ2) is 8.61. The summed E-state index contributed by atoms with van der Waals surface area (Å²) in [6.07, 6.45) is 1.16. The van der Waals surface area contributed by atoms with Crippen molar-refractivity contribution in [3.05, 3.63) is 86.7 Å². The van der Waals surface area contributed by atoms with Gasteiger partial charge in [0.25, 0.3) is 11.6 Å². The molecule has 0 aliphatic rings. The molecule has 1 N–H and O–H groups in total. The van der Waals surface area contributed by atoms with E-state index < -0.39 is 14.8 Å². The fourth-order valence-electron chi connectivity index (χ4n) is 2.90. The molecular formula is C21H15N3O5S3. The van der Waals surface area contributed by atoms with Crippen LogP contribution >= 0.6 is 22.7 Å². The lowest BCUT2D eigenvalue weighted by atomic mass is 10.0. The average molecular weight is 486 g/mol. The van der Waals surface area contributed by atoms with Crippen LogP contribution in [0, 0.1) is 17.0 Å². The van der Waals surface area contributed by atoms with E-state index in [2.05, 4.69) is 10.3 Å². The van der Waals surface area contributed by atoms with E-state index in [1.165, 1.54) is 23.5 Å². The van der Waals surface area contributed by atoms with Crippen LogP contribution in [0.25, 0.3) is 11.1 Å². The highest BCUT2D eigenvalue weighted by Gasteiger charge is 2.23. The van der Waals surface area contributed by atoms with Crippen molar-refractivity contribution < 1.29 is 18.1 Å². The first-order chi connectivity index (χ1) is 15.3. The predicted octanol–water partition coefficient (Wildman–Crippen LogP) is 5.17. The minimum atomic E-state index is -3.92. The van der Waals surface area contributed by atoms with Crippen LogP contribution in [-0.2, 0) is 9.84 Å². The highest BCUT2D eigenvalue weighted by atomic mass is 32.2. The largest absolute Gasteiger partial charge is 0.297 e. The van der Waals surface area contributed by atoms with Crippen molar-refractivity contribution in [2.75, 3.05) is 5.32 Å². The third kappa shape index (κ3) is 4.31. The summed E-state index contributed by atoms with van der Waals surface area (Å²) in [5.41, 5.74) is 2.59. The van der Waals surface area contributed by atoms with Crippen molar-refractivity contribution >= 4 is 49.2 Å². The van der Waals surface area contributed by atoms with Crippen LogP contribution in [0.4, 0.5) is 10.8 Å². The molecule has 2 heterocycles. The molecule has 0 aliphatic heterocycles. The predicted molar refractivity (Wildman–Crippen MR) is 123 cm³/mol. The number of rotatable bonds is 6. The zero-order chi connectivity index (χ0) is 22.9. The molecule has 0 saturated heterocycles. The summed E-state index contributed by atoms with van der Waals surface area (Å²) in [5, 5.41) is 15.4. The number of thiazole rings is 1. The van der Waals surface area contributed by atoms with E-state index in [-0.39, 0.29) is 25.8 Å². The molecule has 32 heavy (non-hydrogen) atoms. The maximum Gasteiger partial charge on any atom is 0.269 e. The number of hydrogen-bond donors (Lipinski definition) is 1. The maximum absolute atomic E-state index is 12.8. The van der Waals surface area contributed by atoms with Crippen molar-refractivity contribution in [3.8, 4) is 11.1 Å². The molecule has 0 fully saturated rings. The molecule has 11 heteroatoms. The van der Waals surface area contributed by atoms with Gasteiger partial charge in [0.1, 0.15) is 9.09 Å². The summed E-state index contributed by atoms with van der Waals surface area (Å²) in [6, 6.07) is 14.3. The molecular weight excluding hydrogens is 470 g/mol. The molecule has 2 aromatic carbocycles. The number of carbonyl (C=O) groups excluding carboxylic acids is 1. The van der Waals surface area contributed by atoms with E-state index in [1.807, 2.05) is 42.6 Å². The Kier molecular flexibility index (Phi) is 5.87. The summed E-state index contributed by atoms with van der Waals surface area (Å²) in [6.45, 7) is 1.98. The number of benzene rings is 2. The number of aryl methyl sites for hydroxylation is 1. The van der Waals surface area contributed by atoms with Gasteiger partial charge >= 0.3 is 0 Å². The number of sulfone groups is 1. The summed E-state index contributed by atoms with van der Waals surface area (Å²) >= 11 is 2.09. The van der Waals surface area contributed by atoms with Crippen LogP contribution in [0.5, 0.6) is 0 Å². The van der Waals surface area contributed by atoms with Crippen LogP contribution < -0.4 is 5.32 Å². The Morgan fingerprint density at radius 2 is 1.75 bits per heavy atom. The van der Waals surface area contributed by atoms with E-state index in [9.17, 15) is 23.3 Å². The average Bonchev–Trinajstić information content (AvgIpc) is 3.44. The van der Waals surface area contributed by atoms with Gasteiger partial charge in [-0.2, -0.15) is 0 Å². The van der Waals surface area contributed by atoms with Gasteiger partial charge in [-0.05, 0) is 36.1 Å². The molecule has 0 bridgehead atoms. The van der Waals surface area contributed by atoms with Crippen LogP contribution in [0.2, 0.25) is 0 Å². The lowest BCUT2D eigenvalue weighted by Gasteiger charge is -2.05. The van der Waals surface area contributed by atoms with Crippen LogP contribution in [0.15, 0.2) is 75.3 Å². The molecule has 1 amide bonds. The van der Waals surface area contributed by atoms with E-state index in [0.29, 0.717) is 4.88 Å². The van der Waals surface area contributed by atoms with Gasteiger partial charge in [-0.15, -0.1) is 11.3 Å². The second-order valence-electron chi connectivity index (χ2n) is 6.72. The lowest BCUT2D eigenvalue weighted by molar-refractivity contribution is -0.384. The molecule has 0 spiro atoms. The number of nitrogens with zero attached hydrogens (tertiary/aromatic N) is 2. The fourth-order valence-corrected chi connectivity index (χ4v) is 6.14. The summed E-state index contributed by atoms with van der Waals surface area (Å²) in [7, 11) is -3.92. The zero-order valence-corrected chi connectivity index (χ0v) is 19.0. The monoisotopic (exact) mass is 485 g/mol. The Morgan fingerprint density at radius 1 is 1.06 bits per heavy atom. The highest BCUT2D eigenvalue weighted by Crippen LogP contribution is 2.32. The first-order valence-corrected chi connectivity index (χ1v) is 12.3. The van der Waals surface area contributed by atoms with E-state index in [1.54, 1.807) is 0 Å². The minimum Gasteiger partial charge on any atom is -0.297 e. The number of carbonyl (C=O) groups is 1.